The first kappa shape index (κ1) is 22.7. The van der Waals surface area contributed by atoms with E-state index in [1.54, 1.807) is 66.4 Å². The minimum absolute atomic E-state index is 0.0634. The molecule has 0 radical (unpaired) electrons. The lowest BCUT2D eigenvalue weighted by Crippen LogP contribution is -2.14. The van der Waals surface area contributed by atoms with Crippen LogP contribution in [0.15, 0.2) is 77.6 Å². The fourth-order valence-corrected chi connectivity index (χ4v) is 3.54. The molecule has 0 fully saturated rings. The summed E-state index contributed by atoms with van der Waals surface area (Å²) in [5, 5.41) is 11.2. The summed E-state index contributed by atoms with van der Waals surface area (Å²) in [6.07, 6.45) is 2.84. The van der Waals surface area contributed by atoms with E-state index in [1.807, 2.05) is 0 Å². The third-order valence-corrected chi connectivity index (χ3v) is 5.41. The second kappa shape index (κ2) is 9.66. The second-order valence-electron chi connectivity index (χ2n) is 7.72. The second-order valence-corrected chi connectivity index (χ2v) is 7.72. The van der Waals surface area contributed by atoms with Crippen LogP contribution in [0.5, 0.6) is 5.75 Å². The molecule has 11 heteroatoms. The van der Waals surface area contributed by atoms with Crippen molar-refractivity contribution < 1.29 is 18.4 Å². The number of carbonyl (C=O) groups excluding carboxylic acids is 1. The number of methoxy groups -OCH3 is 1. The maximum Gasteiger partial charge on any atom is 0.255 e. The number of halogens is 1. The molecule has 180 valence electrons. The summed E-state index contributed by atoms with van der Waals surface area (Å²) < 4.78 is 25.9. The zero-order valence-electron chi connectivity index (χ0n) is 19.1. The lowest BCUT2D eigenvalue weighted by molar-refractivity contribution is 0.102. The van der Waals surface area contributed by atoms with Gasteiger partial charge in [0.15, 0.2) is 11.6 Å². The van der Waals surface area contributed by atoms with Crippen molar-refractivity contribution in [3.8, 4) is 28.7 Å². The first-order valence-corrected chi connectivity index (χ1v) is 10.8. The number of ether oxygens (including phenoxy) is 1. The number of nitrogens with one attached hydrogen (secondary N) is 1. The Balaban J connectivity index is 1.42. The van der Waals surface area contributed by atoms with Crippen molar-refractivity contribution in [2.45, 2.75) is 6.54 Å². The summed E-state index contributed by atoms with van der Waals surface area (Å²) in [5.74, 6) is 0.208. The molecule has 0 aliphatic carbocycles. The van der Waals surface area contributed by atoms with E-state index < -0.39 is 0 Å². The molecule has 5 aromatic rings. The third-order valence-electron chi connectivity index (χ3n) is 5.41. The molecule has 0 atom stereocenters. The van der Waals surface area contributed by atoms with E-state index in [9.17, 15) is 9.18 Å². The van der Waals surface area contributed by atoms with Gasteiger partial charge in [0.05, 0.1) is 25.5 Å². The van der Waals surface area contributed by atoms with E-state index in [1.165, 1.54) is 18.5 Å². The van der Waals surface area contributed by atoms with Crippen molar-refractivity contribution in [2.75, 3.05) is 18.2 Å². The van der Waals surface area contributed by atoms with Gasteiger partial charge in [-0.25, -0.2) is 14.4 Å². The topological polar surface area (TPSA) is 134 Å². The molecule has 3 heterocycles. The van der Waals surface area contributed by atoms with Gasteiger partial charge in [0.2, 0.25) is 0 Å². The summed E-state index contributed by atoms with van der Waals surface area (Å²) in [5.41, 5.74) is 8.73. The number of rotatable bonds is 7. The highest BCUT2D eigenvalue weighted by atomic mass is 19.1. The summed E-state index contributed by atoms with van der Waals surface area (Å²) in [7, 11) is 1.55. The molecule has 0 unspecified atom stereocenters. The smallest absolute Gasteiger partial charge is 0.255 e. The van der Waals surface area contributed by atoms with Crippen LogP contribution >= 0.6 is 0 Å². The van der Waals surface area contributed by atoms with Crippen LogP contribution in [0, 0.1) is 5.82 Å². The first-order chi connectivity index (χ1) is 17.5. The van der Waals surface area contributed by atoms with Crippen LogP contribution in [0.25, 0.3) is 22.9 Å². The maximum atomic E-state index is 14.3. The number of nitrogen functional groups attached to an aromatic ring is 1. The number of amides is 1. The van der Waals surface area contributed by atoms with Gasteiger partial charge in [-0.3, -0.25) is 9.48 Å². The van der Waals surface area contributed by atoms with Crippen molar-refractivity contribution in [2.24, 2.45) is 0 Å². The van der Waals surface area contributed by atoms with Crippen LogP contribution in [0.4, 0.5) is 15.9 Å². The highest BCUT2D eigenvalue weighted by Gasteiger charge is 2.18. The van der Waals surface area contributed by atoms with Gasteiger partial charge >= 0.3 is 0 Å². The number of nitrogens with two attached hydrogens (primary N) is 1. The maximum absolute atomic E-state index is 14.3. The van der Waals surface area contributed by atoms with Crippen molar-refractivity contribution in [1.29, 1.82) is 0 Å². The highest BCUT2D eigenvalue weighted by molar-refractivity contribution is 6.05. The van der Waals surface area contributed by atoms with Gasteiger partial charge in [-0.05, 0) is 36.4 Å². The molecule has 10 nitrogen and oxygen atoms in total. The van der Waals surface area contributed by atoms with E-state index in [0.717, 1.165) is 0 Å². The summed E-state index contributed by atoms with van der Waals surface area (Å²) in [4.78, 5) is 21.2. The van der Waals surface area contributed by atoms with E-state index >= 15 is 0 Å². The Kier molecular flexibility index (Phi) is 6.10. The number of nitrogens with zero attached hydrogens (tertiary/aromatic N) is 5. The lowest BCUT2D eigenvalue weighted by atomic mass is 10.2. The SMILES string of the molecule is COc1ccc(C(=O)Nc2cnc(-c3cc(-c4ccon4)n(Cc4ccccc4F)n3)nc2N)cc1. The monoisotopic (exact) mass is 485 g/mol. The minimum atomic E-state index is -0.372. The highest BCUT2D eigenvalue weighted by Crippen LogP contribution is 2.27. The summed E-state index contributed by atoms with van der Waals surface area (Å²) >= 11 is 0. The fraction of sp³-hybridized carbons (Fsp3) is 0.0800. The normalized spacial score (nSPS) is 10.8. The Morgan fingerprint density at radius 3 is 2.64 bits per heavy atom. The summed E-state index contributed by atoms with van der Waals surface area (Å²) in [6.45, 7) is 0.153. The van der Waals surface area contributed by atoms with Gasteiger partial charge in [0.25, 0.3) is 5.91 Å². The van der Waals surface area contributed by atoms with E-state index in [4.69, 9.17) is 15.0 Å². The molecule has 36 heavy (non-hydrogen) atoms. The largest absolute Gasteiger partial charge is 0.497 e. The Hall–Kier alpha value is -5.06. The molecule has 0 aliphatic rings. The lowest BCUT2D eigenvalue weighted by Gasteiger charge is -2.08. The zero-order valence-corrected chi connectivity index (χ0v) is 19.1. The Bertz CT molecular complexity index is 1520. The standard InChI is InChI=1S/C25H20FN7O3/c1-35-17-8-6-15(7-9-17)25(34)29-21-13-28-24(30-23(21)27)20-12-22(19-10-11-36-32-19)33(31-20)14-16-4-2-3-5-18(16)26/h2-13H,14H2,1H3,(H,29,34)(H2,27,28,30). The molecular formula is C25H20FN7O3. The number of carbonyl (C=O) groups is 1. The van der Waals surface area contributed by atoms with E-state index in [0.29, 0.717) is 34.0 Å². The van der Waals surface area contributed by atoms with Crippen LogP contribution in [0.2, 0.25) is 0 Å². The Morgan fingerprint density at radius 1 is 1.14 bits per heavy atom. The van der Waals surface area contributed by atoms with Gasteiger partial charge < -0.3 is 20.3 Å². The molecule has 3 N–H and O–H groups in total. The molecule has 1 amide bonds. The van der Waals surface area contributed by atoms with Crippen molar-refractivity contribution in [3.05, 3.63) is 90.1 Å². The van der Waals surface area contributed by atoms with Gasteiger partial charge in [-0.15, -0.1) is 0 Å². The number of hydrogen-bond acceptors (Lipinski definition) is 8. The van der Waals surface area contributed by atoms with Gasteiger partial charge in [-0.2, -0.15) is 5.10 Å². The quantitative estimate of drug-likeness (QED) is 0.353. The predicted molar refractivity (Wildman–Crippen MR) is 130 cm³/mol. The van der Waals surface area contributed by atoms with Crippen LogP contribution < -0.4 is 15.8 Å². The van der Waals surface area contributed by atoms with Crippen LogP contribution in [-0.2, 0) is 6.54 Å². The average molecular weight is 485 g/mol. The molecule has 5 rings (SSSR count). The molecule has 0 aliphatic heterocycles. The fourth-order valence-electron chi connectivity index (χ4n) is 3.54. The van der Waals surface area contributed by atoms with Crippen molar-refractivity contribution >= 4 is 17.4 Å². The van der Waals surface area contributed by atoms with Crippen LogP contribution in [-0.4, -0.2) is 37.9 Å². The van der Waals surface area contributed by atoms with Crippen LogP contribution in [0.1, 0.15) is 15.9 Å². The van der Waals surface area contributed by atoms with Crippen LogP contribution in [0.3, 0.4) is 0 Å². The van der Waals surface area contributed by atoms with Gasteiger partial charge in [-0.1, -0.05) is 23.4 Å². The molecule has 2 aromatic carbocycles. The van der Waals surface area contributed by atoms with E-state index in [2.05, 4.69) is 25.5 Å². The van der Waals surface area contributed by atoms with Gasteiger partial charge in [0, 0.05) is 17.2 Å². The molecule has 3 aromatic heterocycles. The number of anilines is 2. The van der Waals surface area contributed by atoms with Crippen molar-refractivity contribution in [3.63, 3.8) is 0 Å². The first-order valence-electron chi connectivity index (χ1n) is 10.8. The van der Waals surface area contributed by atoms with E-state index in [-0.39, 0.29) is 35.6 Å². The number of benzene rings is 2. The zero-order chi connectivity index (χ0) is 25.1. The Labute approximate surface area is 204 Å². The number of aromatic nitrogens is 5. The molecule has 0 saturated heterocycles. The third kappa shape index (κ3) is 4.62. The number of hydrogen-bond donors (Lipinski definition) is 2. The summed E-state index contributed by atoms with van der Waals surface area (Å²) in [6, 6.07) is 16.5. The average Bonchev–Trinajstić information content (AvgIpc) is 3.57. The van der Waals surface area contributed by atoms with Gasteiger partial charge in [0.1, 0.15) is 34.9 Å². The molecular weight excluding hydrogens is 465 g/mol. The molecule has 0 bridgehead atoms. The Morgan fingerprint density at radius 2 is 1.94 bits per heavy atom. The molecule has 0 saturated carbocycles. The molecule has 0 spiro atoms. The predicted octanol–water partition coefficient (Wildman–Crippen LogP) is 4.03. The van der Waals surface area contributed by atoms with Crippen molar-refractivity contribution in [1.82, 2.24) is 24.9 Å². The minimum Gasteiger partial charge on any atom is -0.497 e.